The van der Waals surface area contributed by atoms with Crippen molar-refractivity contribution in [1.29, 1.82) is 10.5 Å². The third kappa shape index (κ3) is 4.80. The first-order valence-electron chi connectivity index (χ1n) is 7.01. The van der Waals surface area contributed by atoms with Crippen LogP contribution in [-0.4, -0.2) is 59.1 Å². The van der Waals surface area contributed by atoms with Crippen molar-refractivity contribution < 1.29 is 9.90 Å². The van der Waals surface area contributed by atoms with Crippen molar-refractivity contribution in [2.75, 3.05) is 32.7 Å². The summed E-state index contributed by atoms with van der Waals surface area (Å²) in [6.07, 6.45) is 2.23. The van der Waals surface area contributed by atoms with Gasteiger partial charge < -0.3 is 10.0 Å². The molecular formula is C14H22N4O2. The fraction of sp³-hybridized carbons (Fsp3) is 0.786. The quantitative estimate of drug-likeness (QED) is 0.697. The molecule has 0 atom stereocenters. The number of hydrogen-bond donors (Lipinski definition) is 1. The predicted molar refractivity (Wildman–Crippen MR) is 73.3 cm³/mol. The number of rotatable bonds is 8. The van der Waals surface area contributed by atoms with Crippen molar-refractivity contribution >= 4 is 5.91 Å². The van der Waals surface area contributed by atoms with Gasteiger partial charge in [0.25, 0.3) is 0 Å². The van der Waals surface area contributed by atoms with Crippen LogP contribution in [0.4, 0.5) is 0 Å². The Morgan fingerprint density at radius 1 is 1.30 bits per heavy atom. The van der Waals surface area contributed by atoms with E-state index in [0.29, 0.717) is 26.2 Å². The number of β-amino-alcohol motifs (C(OH)–C–C–N with tert-alkyl or cyclic N) is 1. The summed E-state index contributed by atoms with van der Waals surface area (Å²) in [5.74, 6) is -0.0750. The zero-order chi connectivity index (χ0) is 15.0. The van der Waals surface area contributed by atoms with E-state index < -0.39 is 5.60 Å². The maximum absolute atomic E-state index is 12.1. The molecule has 0 aromatic heterocycles. The van der Waals surface area contributed by atoms with Gasteiger partial charge >= 0.3 is 0 Å². The molecule has 6 nitrogen and oxygen atoms in total. The third-order valence-corrected chi connectivity index (χ3v) is 3.45. The average molecular weight is 278 g/mol. The molecule has 0 saturated carbocycles. The van der Waals surface area contributed by atoms with Crippen molar-refractivity contribution in [3.8, 4) is 12.1 Å². The maximum Gasteiger partial charge on any atom is 0.236 e. The highest BCUT2D eigenvalue weighted by atomic mass is 16.3. The third-order valence-electron chi connectivity index (χ3n) is 3.45. The largest absolute Gasteiger partial charge is 0.387 e. The minimum absolute atomic E-state index is 0.0750. The number of hydrogen-bond acceptors (Lipinski definition) is 5. The molecule has 1 N–H and O–H groups in total. The molecule has 0 unspecified atom stereocenters. The summed E-state index contributed by atoms with van der Waals surface area (Å²) in [4.78, 5) is 15.6. The van der Waals surface area contributed by atoms with Crippen LogP contribution in [0.25, 0.3) is 0 Å². The van der Waals surface area contributed by atoms with Crippen LogP contribution in [0.3, 0.4) is 0 Å². The first-order chi connectivity index (χ1) is 9.54. The summed E-state index contributed by atoms with van der Waals surface area (Å²) in [6, 6.07) is 4.02. The monoisotopic (exact) mass is 278 g/mol. The molecule has 0 aromatic carbocycles. The lowest BCUT2D eigenvalue weighted by atomic mass is 9.89. The summed E-state index contributed by atoms with van der Waals surface area (Å²) in [5.41, 5.74) is -0.640. The van der Waals surface area contributed by atoms with Crippen LogP contribution < -0.4 is 0 Å². The van der Waals surface area contributed by atoms with E-state index in [1.165, 1.54) is 0 Å². The minimum Gasteiger partial charge on any atom is -0.387 e. The van der Waals surface area contributed by atoms with Crippen LogP contribution in [0, 0.1) is 22.7 Å². The van der Waals surface area contributed by atoms with Gasteiger partial charge in [0.15, 0.2) is 0 Å². The molecule has 1 saturated heterocycles. The fourth-order valence-electron chi connectivity index (χ4n) is 2.54. The second-order valence-corrected chi connectivity index (χ2v) is 5.32. The number of likely N-dealkylation sites (tertiary alicyclic amines) is 1. The van der Waals surface area contributed by atoms with Crippen LogP contribution in [0.1, 0.15) is 32.6 Å². The van der Waals surface area contributed by atoms with Crippen LogP contribution in [0.5, 0.6) is 0 Å². The van der Waals surface area contributed by atoms with E-state index in [4.69, 9.17) is 10.5 Å². The molecule has 1 amide bonds. The molecule has 0 bridgehead atoms. The Morgan fingerprint density at radius 2 is 1.85 bits per heavy atom. The van der Waals surface area contributed by atoms with E-state index in [9.17, 15) is 9.90 Å². The number of carbonyl (C=O) groups excluding carboxylic acids is 1. The van der Waals surface area contributed by atoms with Gasteiger partial charge in [-0.05, 0) is 6.42 Å². The second kappa shape index (κ2) is 7.84. The Kier molecular flexibility index (Phi) is 6.44. The lowest BCUT2D eigenvalue weighted by molar-refractivity contribution is -0.142. The smallest absolute Gasteiger partial charge is 0.236 e. The van der Waals surface area contributed by atoms with Gasteiger partial charge in [-0.1, -0.05) is 13.3 Å². The zero-order valence-corrected chi connectivity index (χ0v) is 12.0. The van der Waals surface area contributed by atoms with E-state index >= 15 is 0 Å². The molecule has 20 heavy (non-hydrogen) atoms. The lowest BCUT2D eigenvalue weighted by Crippen LogP contribution is -2.63. The summed E-state index contributed by atoms with van der Waals surface area (Å²) in [7, 11) is 0. The highest BCUT2D eigenvalue weighted by Crippen LogP contribution is 2.25. The van der Waals surface area contributed by atoms with Gasteiger partial charge in [-0.25, -0.2) is 0 Å². The molecule has 1 heterocycles. The van der Waals surface area contributed by atoms with Gasteiger partial charge in [-0.3, -0.25) is 9.69 Å². The normalized spacial score (nSPS) is 16.8. The molecule has 6 heteroatoms. The Bertz CT molecular complexity index is 386. The number of aliphatic hydroxyl groups is 1. The molecule has 0 aromatic rings. The molecule has 0 aliphatic carbocycles. The number of nitrogens with zero attached hydrogens (tertiary/aromatic N) is 4. The second-order valence-electron chi connectivity index (χ2n) is 5.32. The maximum atomic E-state index is 12.1. The van der Waals surface area contributed by atoms with Crippen LogP contribution in [-0.2, 0) is 4.79 Å². The van der Waals surface area contributed by atoms with Gasteiger partial charge in [-0.15, -0.1) is 0 Å². The van der Waals surface area contributed by atoms with E-state index in [-0.39, 0.29) is 25.3 Å². The predicted octanol–water partition coefficient (Wildman–Crippen LogP) is 0.489. The van der Waals surface area contributed by atoms with Crippen molar-refractivity contribution in [3.05, 3.63) is 0 Å². The molecule has 1 fully saturated rings. The molecule has 1 rings (SSSR count). The first-order valence-corrected chi connectivity index (χ1v) is 7.01. The molecule has 1 aliphatic heterocycles. The zero-order valence-electron chi connectivity index (χ0n) is 12.0. The van der Waals surface area contributed by atoms with E-state index in [1.54, 1.807) is 4.90 Å². The van der Waals surface area contributed by atoms with Gasteiger partial charge in [-0.2, -0.15) is 10.5 Å². The lowest BCUT2D eigenvalue weighted by Gasteiger charge is -2.46. The molecule has 1 aliphatic rings. The first kappa shape index (κ1) is 16.4. The number of carbonyl (C=O) groups is 1. The van der Waals surface area contributed by atoms with Gasteiger partial charge in [0.2, 0.25) is 5.91 Å². The summed E-state index contributed by atoms with van der Waals surface area (Å²) < 4.78 is 0. The molecule has 110 valence electrons. The van der Waals surface area contributed by atoms with E-state index in [0.717, 1.165) is 12.8 Å². The van der Waals surface area contributed by atoms with Crippen molar-refractivity contribution in [3.63, 3.8) is 0 Å². The average Bonchev–Trinajstić information content (AvgIpc) is 2.37. The molecule has 0 spiro atoms. The van der Waals surface area contributed by atoms with Crippen molar-refractivity contribution in [1.82, 2.24) is 9.80 Å². The van der Waals surface area contributed by atoms with Crippen LogP contribution in [0.15, 0.2) is 0 Å². The number of nitriles is 2. The number of amides is 1. The summed E-state index contributed by atoms with van der Waals surface area (Å²) >= 11 is 0. The highest BCUT2D eigenvalue weighted by Gasteiger charge is 2.40. The topological polar surface area (TPSA) is 91.4 Å². The van der Waals surface area contributed by atoms with Crippen LogP contribution >= 0.6 is 0 Å². The summed E-state index contributed by atoms with van der Waals surface area (Å²) in [6.45, 7) is 4.06. The standard InChI is InChI=1S/C14H22N4O2/c1-2-5-14(20)11-17(12-14)10-13(19)18(8-3-6-15)9-4-7-16/h20H,2-5,8-12H2,1H3. The fourth-order valence-corrected chi connectivity index (χ4v) is 2.54. The van der Waals surface area contributed by atoms with Gasteiger partial charge in [0.05, 0.1) is 37.1 Å². The Labute approximate surface area is 120 Å². The minimum atomic E-state index is -0.640. The highest BCUT2D eigenvalue weighted by molar-refractivity contribution is 5.78. The van der Waals surface area contributed by atoms with E-state index in [1.807, 2.05) is 24.0 Å². The van der Waals surface area contributed by atoms with Crippen molar-refractivity contribution in [2.45, 2.75) is 38.2 Å². The molecule has 0 radical (unpaired) electrons. The van der Waals surface area contributed by atoms with Crippen LogP contribution in [0.2, 0.25) is 0 Å². The van der Waals surface area contributed by atoms with Gasteiger partial charge in [0.1, 0.15) is 0 Å². The summed E-state index contributed by atoms with van der Waals surface area (Å²) in [5, 5.41) is 27.2. The Hall–Kier alpha value is -1.63. The van der Waals surface area contributed by atoms with E-state index in [2.05, 4.69) is 0 Å². The Balaban J connectivity index is 2.39. The van der Waals surface area contributed by atoms with Crippen molar-refractivity contribution in [2.24, 2.45) is 0 Å². The Morgan fingerprint density at radius 3 is 2.30 bits per heavy atom. The SMILES string of the molecule is CCCC1(O)CN(CC(=O)N(CCC#N)CCC#N)C1. The van der Waals surface area contributed by atoms with Gasteiger partial charge in [0, 0.05) is 26.2 Å². The molecular weight excluding hydrogens is 256 g/mol.